The molecule has 0 bridgehead atoms. The third-order valence-corrected chi connectivity index (χ3v) is 1.28. The first-order valence-corrected chi connectivity index (χ1v) is 4.03. The molecule has 0 rings (SSSR count). The minimum absolute atomic E-state index is 0. The Balaban J connectivity index is 0. The molecule has 0 aliphatic heterocycles. The van der Waals surface area contributed by atoms with Crippen molar-refractivity contribution in [3.05, 3.63) is 5.32 Å². The normalized spacial score (nSPS) is 8.20. The van der Waals surface area contributed by atoms with Crippen molar-refractivity contribution in [3.63, 3.8) is 0 Å². The molecule has 0 radical (unpaired) electrons. The summed E-state index contributed by atoms with van der Waals surface area (Å²) in [5.41, 5.74) is 0. The first-order valence-electron chi connectivity index (χ1n) is 3.17. The monoisotopic (exact) mass is 247 g/mol. The van der Waals surface area contributed by atoms with Gasteiger partial charge in [-0.1, -0.05) is 38.4 Å². The Morgan fingerprint density at radius 1 is 1.50 bits per heavy atom. The SMILES string of the molecule is CCCCC[N-]C(=S)S.[Rb+]. The number of unbranched alkanes of at least 4 members (excludes halogenated alkanes) is 2. The van der Waals surface area contributed by atoms with Gasteiger partial charge in [-0.2, -0.15) is 12.6 Å². The van der Waals surface area contributed by atoms with E-state index in [1.807, 2.05) is 0 Å². The van der Waals surface area contributed by atoms with Gasteiger partial charge in [0.15, 0.2) is 0 Å². The van der Waals surface area contributed by atoms with Crippen LogP contribution in [0.15, 0.2) is 0 Å². The maximum absolute atomic E-state index is 4.64. The molecule has 0 aromatic carbocycles. The second-order valence-corrected chi connectivity index (χ2v) is 2.98. The second-order valence-electron chi connectivity index (χ2n) is 1.87. The molecule has 0 N–H and O–H groups in total. The minimum Gasteiger partial charge on any atom is -0.670 e. The van der Waals surface area contributed by atoms with Crippen LogP contribution >= 0.6 is 24.8 Å². The molecule has 0 saturated heterocycles. The molecule has 0 amide bonds. The third kappa shape index (κ3) is 12.7. The summed E-state index contributed by atoms with van der Waals surface area (Å²) in [5, 5.41) is 3.96. The van der Waals surface area contributed by atoms with E-state index in [0.717, 1.165) is 13.0 Å². The molecule has 0 aliphatic rings. The molecule has 10 heavy (non-hydrogen) atoms. The zero-order valence-corrected chi connectivity index (χ0v) is 13.3. The van der Waals surface area contributed by atoms with Crippen LogP contribution in [0.1, 0.15) is 26.2 Å². The van der Waals surface area contributed by atoms with Gasteiger partial charge in [-0.3, -0.25) is 0 Å². The van der Waals surface area contributed by atoms with E-state index in [1.54, 1.807) is 0 Å². The van der Waals surface area contributed by atoms with E-state index in [1.165, 1.54) is 12.8 Å². The maximum Gasteiger partial charge on any atom is 1.00 e. The molecule has 0 aliphatic carbocycles. The van der Waals surface area contributed by atoms with Gasteiger partial charge in [0.05, 0.1) is 0 Å². The van der Waals surface area contributed by atoms with Gasteiger partial charge in [-0.15, -0.1) is 6.54 Å². The van der Waals surface area contributed by atoms with Gasteiger partial charge in [-0.05, 0) is 4.32 Å². The smallest absolute Gasteiger partial charge is 0.670 e. The van der Waals surface area contributed by atoms with Gasteiger partial charge in [0.25, 0.3) is 0 Å². The van der Waals surface area contributed by atoms with Crippen molar-refractivity contribution in [1.82, 2.24) is 0 Å². The van der Waals surface area contributed by atoms with Gasteiger partial charge < -0.3 is 5.32 Å². The van der Waals surface area contributed by atoms with Crippen LogP contribution in [0, 0.1) is 0 Å². The standard InChI is InChI=1S/C6H13NS2.Rb/c1-2-3-4-5-7-6(8)9;/h2-5H2,1H3,(H2,7,8,9);/q;+1/p-1. The Bertz CT molecular complexity index is 87.8. The number of nitrogens with zero attached hydrogens (tertiary/aromatic N) is 1. The average Bonchev–Trinajstić information content (AvgIpc) is 1.80. The molecule has 0 spiro atoms. The number of hydrogen-bond acceptors (Lipinski definition) is 1. The van der Waals surface area contributed by atoms with Crippen LogP contribution in [-0.2, 0) is 0 Å². The van der Waals surface area contributed by atoms with E-state index in [2.05, 4.69) is 37.1 Å². The first-order chi connectivity index (χ1) is 4.27. The van der Waals surface area contributed by atoms with Crippen LogP contribution in [0.4, 0.5) is 0 Å². The molecular formula is C6H12NRbS2. The molecule has 0 aromatic rings. The Morgan fingerprint density at radius 3 is 2.50 bits per heavy atom. The van der Waals surface area contributed by atoms with Gasteiger partial charge in [0.1, 0.15) is 0 Å². The van der Waals surface area contributed by atoms with Crippen molar-refractivity contribution in [3.8, 4) is 0 Å². The van der Waals surface area contributed by atoms with Crippen molar-refractivity contribution >= 4 is 29.2 Å². The topological polar surface area (TPSA) is 14.1 Å². The molecular weight excluding hydrogens is 236 g/mol. The number of rotatable bonds is 4. The summed E-state index contributed by atoms with van der Waals surface area (Å²) in [6, 6.07) is 0. The second kappa shape index (κ2) is 11.0. The van der Waals surface area contributed by atoms with E-state index in [0.29, 0.717) is 4.32 Å². The van der Waals surface area contributed by atoms with Crippen LogP contribution in [0.3, 0.4) is 0 Å². The summed E-state index contributed by atoms with van der Waals surface area (Å²) < 4.78 is 0.478. The summed E-state index contributed by atoms with van der Waals surface area (Å²) in [4.78, 5) is 0. The fourth-order valence-corrected chi connectivity index (χ4v) is 0.728. The van der Waals surface area contributed by atoms with E-state index in [-0.39, 0.29) is 58.2 Å². The molecule has 1 nitrogen and oxygen atoms in total. The molecule has 0 unspecified atom stereocenters. The van der Waals surface area contributed by atoms with Crippen molar-refractivity contribution in [2.24, 2.45) is 0 Å². The maximum atomic E-state index is 4.64. The van der Waals surface area contributed by atoms with Gasteiger partial charge in [0.2, 0.25) is 0 Å². The van der Waals surface area contributed by atoms with Crippen LogP contribution in [-0.4, -0.2) is 10.9 Å². The Morgan fingerprint density at radius 2 is 2.10 bits per heavy atom. The molecule has 0 heterocycles. The van der Waals surface area contributed by atoms with E-state index < -0.39 is 0 Å². The Kier molecular flexibility index (Phi) is 16.1. The predicted molar refractivity (Wildman–Crippen MR) is 49.3 cm³/mol. The molecule has 4 heteroatoms. The van der Waals surface area contributed by atoms with Crippen LogP contribution < -0.4 is 58.2 Å². The van der Waals surface area contributed by atoms with E-state index in [9.17, 15) is 0 Å². The first kappa shape index (κ1) is 14.6. The van der Waals surface area contributed by atoms with Gasteiger partial charge in [-0.25, -0.2) is 0 Å². The molecule has 0 aromatic heterocycles. The molecule has 0 atom stereocenters. The summed E-state index contributed by atoms with van der Waals surface area (Å²) in [6.07, 6.45) is 3.60. The van der Waals surface area contributed by atoms with Crippen molar-refractivity contribution < 1.29 is 58.2 Å². The summed E-state index contributed by atoms with van der Waals surface area (Å²) >= 11 is 8.51. The summed E-state index contributed by atoms with van der Waals surface area (Å²) in [5.74, 6) is 0. The Hall–Kier alpha value is 2.05. The van der Waals surface area contributed by atoms with Gasteiger partial charge in [0, 0.05) is 0 Å². The van der Waals surface area contributed by atoms with Crippen LogP contribution in [0.25, 0.3) is 5.32 Å². The van der Waals surface area contributed by atoms with Crippen LogP contribution in [0.2, 0.25) is 0 Å². The predicted octanol–water partition coefficient (Wildman–Crippen LogP) is -0.231. The third-order valence-electron chi connectivity index (χ3n) is 1.01. The number of thiocarbonyl (C=S) groups is 1. The number of hydrogen-bond donors (Lipinski definition) is 1. The van der Waals surface area contributed by atoms with Crippen molar-refractivity contribution in [1.29, 1.82) is 0 Å². The zero-order chi connectivity index (χ0) is 7.11. The summed E-state index contributed by atoms with van der Waals surface area (Å²) in [6.45, 7) is 3.01. The van der Waals surface area contributed by atoms with E-state index >= 15 is 0 Å². The van der Waals surface area contributed by atoms with Crippen LogP contribution in [0.5, 0.6) is 0 Å². The largest absolute Gasteiger partial charge is 1.00 e. The Labute approximate surface area is 123 Å². The quantitative estimate of drug-likeness (QED) is 0.412. The average molecular weight is 248 g/mol. The molecule has 0 fully saturated rings. The zero-order valence-electron chi connectivity index (χ0n) is 6.63. The van der Waals surface area contributed by atoms with Crippen molar-refractivity contribution in [2.75, 3.05) is 6.54 Å². The van der Waals surface area contributed by atoms with Crippen molar-refractivity contribution in [2.45, 2.75) is 26.2 Å². The molecule has 0 saturated carbocycles. The fraction of sp³-hybridized carbons (Fsp3) is 0.833. The molecule has 54 valence electrons. The minimum atomic E-state index is 0. The summed E-state index contributed by atoms with van der Waals surface area (Å²) in [7, 11) is 0. The van der Waals surface area contributed by atoms with E-state index in [4.69, 9.17) is 0 Å². The fourth-order valence-electron chi connectivity index (χ4n) is 0.537. The van der Waals surface area contributed by atoms with Gasteiger partial charge >= 0.3 is 58.2 Å². The number of thiol groups is 1.